The van der Waals surface area contributed by atoms with Gasteiger partial charge >= 0.3 is 0 Å². The number of H-pyrrole nitrogens is 1. The first-order valence-corrected chi connectivity index (χ1v) is 9.09. The lowest BCUT2D eigenvalue weighted by atomic mass is 9.82. The zero-order valence-corrected chi connectivity index (χ0v) is 14.4. The van der Waals surface area contributed by atoms with Crippen molar-refractivity contribution < 1.29 is 10.0 Å². The van der Waals surface area contributed by atoms with Crippen LogP contribution in [0.15, 0.2) is 24.3 Å². The lowest BCUT2D eigenvalue weighted by Crippen LogP contribution is -2.13. The molecular weight excluding hydrogens is 318 g/mol. The predicted octanol–water partition coefficient (Wildman–Crippen LogP) is 3.69. The van der Waals surface area contributed by atoms with E-state index in [2.05, 4.69) is 10.2 Å². The minimum Gasteiger partial charge on any atom is -0.396 e. The SMILES string of the molecule is O=[N+]([O-])c1ccc(C2CCc3c(CCCCCCO)n[nH]c3C2)cc1. The molecule has 1 aliphatic carbocycles. The van der Waals surface area contributed by atoms with Gasteiger partial charge in [0.25, 0.3) is 5.69 Å². The van der Waals surface area contributed by atoms with Gasteiger partial charge in [-0.25, -0.2) is 0 Å². The quantitative estimate of drug-likeness (QED) is 0.434. The number of aliphatic hydroxyl groups excluding tert-OH is 1. The highest BCUT2D eigenvalue weighted by Crippen LogP contribution is 2.34. The van der Waals surface area contributed by atoms with Crippen molar-refractivity contribution >= 4 is 5.69 Å². The summed E-state index contributed by atoms with van der Waals surface area (Å²) in [4.78, 5) is 10.4. The van der Waals surface area contributed by atoms with Gasteiger partial charge in [-0.2, -0.15) is 5.10 Å². The van der Waals surface area contributed by atoms with E-state index in [-0.39, 0.29) is 17.2 Å². The fourth-order valence-corrected chi connectivity index (χ4v) is 3.69. The minimum absolute atomic E-state index is 0.144. The van der Waals surface area contributed by atoms with E-state index in [0.29, 0.717) is 5.92 Å². The fourth-order valence-electron chi connectivity index (χ4n) is 3.69. The van der Waals surface area contributed by atoms with Crippen molar-refractivity contribution in [3.63, 3.8) is 0 Å². The number of hydrogen-bond donors (Lipinski definition) is 2. The number of nitro groups is 1. The van der Waals surface area contributed by atoms with Crippen LogP contribution in [0.1, 0.15) is 60.5 Å². The zero-order chi connectivity index (χ0) is 17.6. The average molecular weight is 343 g/mol. The van der Waals surface area contributed by atoms with Gasteiger partial charge in [0.05, 0.1) is 10.6 Å². The van der Waals surface area contributed by atoms with Crippen LogP contribution in [0.25, 0.3) is 0 Å². The number of nitro benzene ring substituents is 1. The third-order valence-electron chi connectivity index (χ3n) is 5.13. The van der Waals surface area contributed by atoms with Crippen LogP contribution in [0.4, 0.5) is 5.69 Å². The molecule has 1 atom stereocenters. The molecule has 0 aliphatic heterocycles. The van der Waals surface area contributed by atoms with Gasteiger partial charge < -0.3 is 5.11 Å². The molecule has 25 heavy (non-hydrogen) atoms. The summed E-state index contributed by atoms with van der Waals surface area (Å²) in [7, 11) is 0. The smallest absolute Gasteiger partial charge is 0.269 e. The fraction of sp³-hybridized carbons (Fsp3) is 0.526. The van der Waals surface area contributed by atoms with Gasteiger partial charge in [-0.05, 0) is 55.6 Å². The first-order valence-electron chi connectivity index (χ1n) is 9.09. The second-order valence-corrected chi connectivity index (χ2v) is 6.80. The molecule has 0 amide bonds. The number of nitrogens with one attached hydrogen (secondary N) is 1. The molecule has 2 N–H and O–H groups in total. The standard InChI is InChI=1S/C19H25N3O3/c23-12-4-2-1-3-5-18-17-11-8-15(13-19(17)21-20-18)14-6-9-16(10-7-14)22(24)25/h6-7,9-10,15,23H,1-5,8,11-13H2,(H,20,21). The molecule has 0 spiro atoms. The molecular formula is C19H25N3O3. The Hall–Kier alpha value is -2.21. The maximum atomic E-state index is 10.8. The monoisotopic (exact) mass is 343 g/mol. The Labute approximate surface area is 147 Å². The summed E-state index contributed by atoms with van der Waals surface area (Å²) >= 11 is 0. The first kappa shape index (κ1) is 17.6. The maximum Gasteiger partial charge on any atom is 0.269 e. The molecule has 0 bridgehead atoms. The molecule has 3 rings (SSSR count). The highest BCUT2D eigenvalue weighted by atomic mass is 16.6. The van der Waals surface area contributed by atoms with E-state index in [1.54, 1.807) is 12.1 Å². The van der Waals surface area contributed by atoms with Crippen molar-refractivity contribution in [3.05, 3.63) is 56.9 Å². The normalized spacial score (nSPS) is 16.6. The van der Waals surface area contributed by atoms with Crippen LogP contribution in [0.2, 0.25) is 0 Å². The van der Waals surface area contributed by atoms with Gasteiger partial charge in [-0.3, -0.25) is 15.2 Å². The third-order valence-corrected chi connectivity index (χ3v) is 5.13. The van der Waals surface area contributed by atoms with E-state index in [1.807, 2.05) is 12.1 Å². The summed E-state index contributed by atoms with van der Waals surface area (Å²) in [5.74, 6) is 0.395. The molecule has 0 radical (unpaired) electrons. The number of nitrogens with zero attached hydrogens (tertiary/aromatic N) is 2. The van der Waals surface area contributed by atoms with E-state index >= 15 is 0 Å². The molecule has 1 unspecified atom stereocenters. The second kappa shape index (κ2) is 8.25. The molecule has 1 aromatic carbocycles. The van der Waals surface area contributed by atoms with Crippen LogP contribution in [-0.4, -0.2) is 26.8 Å². The number of aliphatic hydroxyl groups is 1. The lowest BCUT2D eigenvalue weighted by molar-refractivity contribution is -0.384. The Morgan fingerprint density at radius 3 is 2.68 bits per heavy atom. The number of benzene rings is 1. The summed E-state index contributed by atoms with van der Waals surface area (Å²) in [5, 5.41) is 27.3. The third kappa shape index (κ3) is 4.25. The van der Waals surface area contributed by atoms with Gasteiger partial charge in [-0.15, -0.1) is 0 Å². The highest BCUT2D eigenvalue weighted by molar-refractivity contribution is 5.37. The number of hydrogen-bond acceptors (Lipinski definition) is 4. The van der Waals surface area contributed by atoms with Crippen LogP contribution in [0.3, 0.4) is 0 Å². The molecule has 6 heteroatoms. The van der Waals surface area contributed by atoms with Crippen molar-refractivity contribution in [2.75, 3.05) is 6.61 Å². The largest absolute Gasteiger partial charge is 0.396 e. The molecule has 1 aromatic heterocycles. The number of aromatic nitrogens is 2. The maximum absolute atomic E-state index is 10.8. The Kier molecular flexibility index (Phi) is 5.81. The Morgan fingerprint density at radius 2 is 1.96 bits per heavy atom. The van der Waals surface area contributed by atoms with E-state index < -0.39 is 0 Å². The van der Waals surface area contributed by atoms with Crippen molar-refractivity contribution in [2.24, 2.45) is 0 Å². The summed E-state index contributed by atoms with van der Waals surface area (Å²) in [6.07, 6.45) is 8.20. The van der Waals surface area contributed by atoms with Crippen LogP contribution >= 0.6 is 0 Å². The van der Waals surface area contributed by atoms with E-state index in [1.165, 1.54) is 17.0 Å². The predicted molar refractivity (Wildman–Crippen MR) is 95.7 cm³/mol. The van der Waals surface area contributed by atoms with Gasteiger partial charge in [0, 0.05) is 24.4 Å². The lowest BCUT2D eigenvalue weighted by Gasteiger charge is -2.22. The van der Waals surface area contributed by atoms with Crippen LogP contribution in [0.5, 0.6) is 0 Å². The second-order valence-electron chi connectivity index (χ2n) is 6.80. The van der Waals surface area contributed by atoms with Crippen LogP contribution < -0.4 is 0 Å². The Morgan fingerprint density at radius 1 is 1.20 bits per heavy atom. The first-order chi connectivity index (χ1) is 12.2. The number of aryl methyl sites for hydroxylation is 1. The molecule has 0 saturated carbocycles. The molecule has 0 fully saturated rings. The minimum atomic E-state index is -0.357. The zero-order valence-electron chi connectivity index (χ0n) is 14.4. The Bertz CT molecular complexity index is 709. The number of aromatic amines is 1. The Balaban J connectivity index is 1.59. The molecule has 2 aromatic rings. The van der Waals surface area contributed by atoms with Crippen molar-refractivity contribution in [1.82, 2.24) is 10.2 Å². The summed E-state index contributed by atoms with van der Waals surface area (Å²) in [5.41, 5.74) is 5.10. The molecule has 0 saturated heterocycles. The van der Waals surface area contributed by atoms with E-state index in [0.717, 1.165) is 56.9 Å². The van der Waals surface area contributed by atoms with E-state index in [4.69, 9.17) is 5.11 Å². The average Bonchev–Trinajstić information content (AvgIpc) is 3.04. The summed E-state index contributed by atoms with van der Waals surface area (Å²) in [6, 6.07) is 6.95. The number of fused-ring (bicyclic) bond motifs is 1. The van der Waals surface area contributed by atoms with Crippen LogP contribution in [-0.2, 0) is 19.3 Å². The highest BCUT2D eigenvalue weighted by Gasteiger charge is 2.24. The molecule has 1 aliphatic rings. The van der Waals surface area contributed by atoms with Gasteiger partial charge in [0.1, 0.15) is 0 Å². The van der Waals surface area contributed by atoms with Gasteiger partial charge in [0.2, 0.25) is 0 Å². The summed E-state index contributed by atoms with van der Waals surface area (Å²) < 4.78 is 0. The van der Waals surface area contributed by atoms with Crippen LogP contribution in [0, 0.1) is 10.1 Å². The molecule has 134 valence electrons. The van der Waals surface area contributed by atoms with E-state index in [9.17, 15) is 10.1 Å². The number of unbranched alkanes of at least 4 members (excludes halogenated alkanes) is 3. The molecule has 6 nitrogen and oxygen atoms in total. The van der Waals surface area contributed by atoms with Gasteiger partial charge in [0.15, 0.2) is 0 Å². The van der Waals surface area contributed by atoms with Crippen molar-refractivity contribution in [3.8, 4) is 0 Å². The topological polar surface area (TPSA) is 92.1 Å². The van der Waals surface area contributed by atoms with Crippen molar-refractivity contribution in [2.45, 2.75) is 57.3 Å². The van der Waals surface area contributed by atoms with Gasteiger partial charge in [-0.1, -0.05) is 25.0 Å². The number of rotatable bonds is 8. The van der Waals surface area contributed by atoms with Crippen molar-refractivity contribution in [1.29, 1.82) is 0 Å². The summed E-state index contributed by atoms with van der Waals surface area (Å²) in [6.45, 7) is 0.280. The molecule has 1 heterocycles. The number of non-ortho nitro benzene ring substituents is 1.